The van der Waals surface area contributed by atoms with Gasteiger partial charge in [-0.2, -0.15) is 0 Å². The van der Waals surface area contributed by atoms with Gasteiger partial charge in [0.2, 0.25) is 0 Å². The maximum absolute atomic E-state index is 11.9. The Morgan fingerprint density at radius 1 is 1.32 bits per heavy atom. The normalized spacial score (nSPS) is 13.8. The summed E-state index contributed by atoms with van der Waals surface area (Å²) in [6.45, 7) is 13.5. The Morgan fingerprint density at radius 2 is 1.91 bits per heavy atom. The van der Waals surface area contributed by atoms with Crippen LogP contribution < -0.4 is 10.6 Å². The lowest BCUT2D eigenvalue weighted by molar-refractivity contribution is 0.0486. The van der Waals surface area contributed by atoms with Gasteiger partial charge in [-0.3, -0.25) is 4.99 Å². The third-order valence-electron chi connectivity index (χ3n) is 3.19. The van der Waals surface area contributed by atoms with Crippen molar-refractivity contribution in [3.63, 3.8) is 0 Å². The van der Waals surface area contributed by atoms with Crippen LogP contribution in [0.4, 0.5) is 4.79 Å². The maximum Gasteiger partial charge on any atom is 0.407 e. The van der Waals surface area contributed by atoms with Gasteiger partial charge in [0, 0.05) is 33.2 Å². The molecule has 2 N–H and O–H groups in total. The number of amides is 1. The Bertz CT molecular complexity index is 362. The number of aliphatic imine (C=N–C) groups is 1. The van der Waals surface area contributed by atoms with Crippen molar-refractivity contribution in [1.29, 1.82) is 0 Å². The van der Waals surface area contributed by atoms with Crippen LogP contribution in [0, 0.1) is 5.92 Å². The number of rotatable bonds is 6. The summed E-state index contributed by atoms with van der Waals surface area (Å²) in [7, 11) is 3.77. The standard InChI is InChI=1S/C16H34N4O2/c1-9-18-14(17-7)20(8)11-10-13(12(2)3)19-15(21)22-16(4,5)6/h12-13H,9-11H2,1-8H3,(H,17,18)(H,19,21). The Labute approximate surface area is 135 Å². The molecule has 0 aliphatic carbocycles. The molecule has 0 fully saturated rings. The second kappa shape index (κ2) is 9.54. The lowest BCUT2D eigenvalue weighted by Crippen LogP contribution is -2.45. The number of nitrogens with one attached hydrogen (secondary N) is 2. The van der Waals surface area contributed by atoms with Crippen LogP contribution in [0.3, 0.4) is 0 Å². The Morgan fingerprint density at radius 3 is 2.32 bits per heavy atom. The average Bonchev–Trinajstić information content (AvgIpc) is 2.37. The third-order valence-corrected chi connectivity index (χ3v) is 3.19. The quantitative estimate of drug-likeness (QED) is 0.584. The van der Waals surface area contributed by atoms with Gasteiger partial charge in [-0.15, -0.1) is 0 Å². The van der Waals surface area contributed by atoms with Gasteiger partial charge in [0.05, 0.1) is 0 Å². The summed E-state index contributed by atoms with van der Waals surface area (Å²) in [6.07, 6.45) is 0.475. The zero-order chi connectivity index (χ0) is 17.3. The van der Waals surface area contributed by atoms with Crippen molar-refractivity contribution in [2.24, 2.45) is 10.9 Å². The number of hydrogen-bond donors (Lipinski definition) is 2. The molecule has 0 aliphatic rings. The molecule has 1 atom stereocenters. The number of hydrogen-bond acceptors (Lipinski definition) is 3. The summed E-state index contributed by atoms with van der Waals surface area (Å²) < 4.78 is 5.33. The molecule has 0 bridgehead atoms. The first-order valence-corrected chi connectivity index (χ1v) is 8.02. The second-order valence-corrected chi connectivity index (χ2v) is 6.78. The van der Waals surface area contributed by atoms with E-state index in [0.29, 0.717) is 5.92 Å². The summed E-state index contributed by atoms with van der Waals surface area (Å²) in [6, 6.07) is 0.0667. The van der Waals surface area contributed by atoms with Crippen LogP contribution in [-0.2, 0) is 4.74 Å². The SMILES string of the molecule is CCNC(=NC)N(C)CCC(NC(=O)OC(C)(C)C)C(C)C. The maximum atomic E-state index is 11.9. The molecule has 0 aromatic carbocycles. The van der Waals surface area contributed by atoms with E-state index in [4.69, 9.17) is 4.74 Å². The molecule has 1 unspecified atom stereocenters. The number of nitrogens with zero attached hydrogens (tertiary/aromatic N) is 2. The van der Waals surface area contributed by atoms with Crippen molar-refractivity contribution in [1.82, 2.24) is 15.5 Å². The van der Waals surface area contributed by atoms with Crippen LogP contribution in [0.15, 0.2) is 4.99 Å². The average molecular weight is 314 g/mol. The fourth-order valence-electron chi connectivity index (χ4n) is 2.01. The van der Waals surface area contributed by atoms with Crippen molar-refractivity contribution in [2.75, 3.05) is 27.2 Å². The van der Waals surface area contributed by atoms with Crippen molar-refractivity contribution in [3.8, 4) is 0 Å². The first kappa shape index (κ1) is 20.5. The van der Waals surface area contributed by atoms with Crippen molar-refractivity contribution in [3.05, 3.63) is 0 Å². The zero-order valence-corrected chi connectivity index (χ0v) is 15.5. The van der Waals surface area contributed by atoms with Gasteiger partial charge >= 0.3 is 6.09 Å². The van der Waals surface area contributed by atoms with Crippen molar-refractivity contribution < 1.29 is 9.53 Å². The van der Waals surface area contributed by atoms with Gasteiger partial charge < -0.3 is 20.3 Å². The van der Waals surface area contributed by atoms with Crippen LogP contribution in [0.25, 0.3) is 0 Å². The minimum atomic E-state index is -0.477. The topological polar surface area (TPSA) is 66.0 Å². The van der Waals surface area contributed by atoms with Crippen LogP contribution in [0.1, 0.15) is 48.0 Å². The number of carbonyl (C=O) groups excluding carboxylic acids is 1. The summed E-state index contributed by atoms with van der Waals surface area (Å²) >= 11 is 0. The molecule has 0 spiro atoms. The van der Waals surface area contributed by atoms with E-state index >= 15 is 0 Å². The minimum absolute atomic E-state index is 0.0667. The molecule has 0 saturated carbocycles. The Kier molecular flexibility index (Phi) is 8.90. The molecule has 0 aromatic heterocycles. The van der Waals surface area contributed by atoms with E-state index in [1.165, 1.54) is 0 Å². The van der Waals surface area contributed by atoms with Gasteiger partial charge in [-0.05, 0) is 40.0 Å². The van der Waals surface area contributed by atoms with Crippen LogP contribution >= 0.6 is 0 Å². The molecule has 0 rings (SSSR count). The largest absolute Gasteiger partial charge is 0.444 e. The van der Waals surface area contributed by atoms with E-state index in [0.717, 1.165) is 25.5 Å². The van der Waals surface area contributed by atoms with Gasteiger partial charge in [0.25, 0.3) is 0 Å². The molecule has 0 saturated heterocycles. The summed E-state index contributed by atoms with van der Waals surface area (Å²) in [5, 5.41) is 6.19. The van der Waals surface area contributed by atoms with E-state index in [1.54, 1.807) is 7.05 Å². The van der Waals surface area contributed by atoms with Crippen LogP contribution in [0.5, 0.6) is 0 Å². The minimum Gasteiger partial charge on any atom is -0.444 e. The Hall–Kier alpha value is -1.46. The van der Waals surface area contributed by atoms with Crippen molar-refractivity contribution >= 4 is 12.1 Å². The van der Waals surface area contributed by atoms with Gasteiger partial charge in [-0.25, -0.2) is 4.79 Å². The zero-order valence-electron chi connectivity index (χ0n) is 15.5. The van der Waals surface area contributed by atoms with Gasteiger partial charge in [0.1, 0.15) is 5.60 Å². The number of carbonyl (C=O) groups is 1. The summed E-state index contributed by atoms with van der Waals surface area (Å²) in [5.41, 5.74) is -0.477. The molecular formula is C16H34N4O2. The third kappa shape index (κ3) is 8.74. The van der Waals surface area contributed by atoms with E-state index in [-0.39, 0.29) is 12.1 Å². The molecule has 6 heteroatoms. The first-order chi connectivity index (χ1) is 10.1. The fourth-order valence-corrected chi connectivity index (χ4v) is 2.01. The van der Waals surface area contributed by atoms with Crippen LogP contribution in [-0.4, -0.2) is 55.8 Å². The summed E-state index contributed by atoms with van der Waals surface area (Å²) in [4.78, 5) is 18.2. The highest BCUT2D eigenvalue weighted by Gasteiger charge is 2.21. The lowest BCUT2D eigenvalue weighted by atomic mass is 10.0. The fraction of sp³-hybridized carbons (Fsp3) is 0.875. The number of guanidine groups is 1. The second-order valence-electron chi connectivity index (χ2n) is 6.78. The predicted octanol–water partition coefficient (Wildman–Crippen LogP) is 2.45. The van der Waals surface area contributed by atoms with Crippen molar-refractivity contribution in [2.45, 2.75) is 59.6 Å². The predicted molar refractivity (Wildman–Crippen MR) is 92.3 cm³/mol. The number of alkyl carbamates (subject to hydrolysis) is 1. The van der Waals surface area contributed by atoms with Crippen LogP contribution in [0.2, 0.25) is 0 Å². The van der Waals surface area contributed by atoms with Gasteiger partial charge in [0.15, 0.2) is 5.96 Å². The molecule has 0 heterocycles. The Balaban J connectivity index is 4.51. The molecule has 0 aliphatic heterocycles. The molecule has 6 nitrogen and oxygen atoms in total. The summed E-state index contributed by atoms with van der Waals surface area (Å²) in [5.74, 6) is 1.20. The smallest absolute Gasteiger partial charge is 0.407 e. The highest BCUT2D eigenvalue weighted by molar-refractivity contribution is 5.79. The van der Waals surface area contributed by atoms with E-state index in [2.05, 4.69) is 34.4 Å². The van der Waals surface area contributed by atoms with Gasteiger partial charge in [-0.1, -0.05) is 13.8 Å². The van der Waals surface area contributed by atoms with E-state index in [9.17, 15) is 4.79 Å². The molecular weight excluding hydrogens is 280 g/mol. The first-order valence-electron chi connectivity index (χ1n) is 8.02. The highest BCUT2D eigenvalue weighted by atomic mass is 16.6. The number of ether oxygens (including phenoxy) is 1. The lowest BCUT2D eigenvalue weighted by Gasteiger charge is -2.28. The highest BCUT2D eigenvalue weighted by Crippen LogP contribution is 2.11. The molecule has 0 aromatic rings. The monoisotopic (exact) mass is 314 g/mol. The molecule has 22 heavy (non-hydrogen) atoms. The molecule has 0 radical (unpaired) electrons. The molecule has 1 amide bonds. The molecule has 130 valence electrons. The van der Waals surface area contributed by atoms with E-state index in [1.807, 2.05) is 34.7 Å². The van der Waals surface area contributed by atoms with E-state index < -0.39 is 5.60 Å².